The number of likely N-dealkylation sites (tertiary alicyclic amines) is 1. The van der Waals surface area contributed by atoms with Gasteiger partial charge in [-0.25, -0.2) is 0 Å². The first-order chi connectivity index (χ1) is 7.16. The molecule has 3 unspecified atom stereocenters. The van der Waals surface area contributed by atoms with Crippen LogP contribution in [0.3, 0.4) is 0 Å². The maximum atomic E-state index is 3.81. The number of nitrogens with one attached hydrogen (secondary N) is 1. The van der Waals surface area contributed by atoms with Crippen LogP contribution in [-0.4, -0.2) is 37.1 Å². The van der Waals surface area contributed by atoms with Crippen LogP contribution < -0.4 is 5.32 Å². The lowest BCUT2D eigenvalue weighted by molar-refractivity contribution is 0.172. The van der Waals surface area contributed by atoms with Crippen molar-refractivity contribution in [2.24, 2.45) is 11.8 Å². The van der Waals surface area contributed by atoms with Crippen LogP contribution in [0.1, 0.15) is 39.5 Å². The van der Waals surface area contributed by atoms with Gasteiger partial charge in [-0.05, 0) is 65.0 Å². The Bertz CT molecular complexity index is 201. The molecule has 1 saturated heterocycles. The van der Waals surface area contributed by atoms with Crippen LogP contribution in [0, 0.1) is 11.8 Å². The molecule has 2 rings (SSSR count). The Morgan fingerprint density at radius 2 is 1.73 bits per heavy atom. The van der Waals surface area contributed by atoms with Gasteiger partial charge in [0.05, 0.1) is 0 Å². The van der Waals surface area contributed by atoms with Gasteiger partial charge in [0.15, 0.2) is 0 Å². The predicted molar refractivity (Wildman–Crippen MR) is 65.0 cm³/mol. The summed E-state index contributed by atoms with van der Waals surface area (Å²) in [6.45, 7) is 7.32. The lowest BCUT2D eigenvalue weighted by atomic mass is 9.91. The molecule has 2 heteroatoms. The molecule has 88 valence electrons. The molecule has 0 aromatic carbocycles. The number of nitrogens with zero attached hydrogens (tertiary/aromatic N) is 1. The minimum Gasteiger partial charge on any atom is -0.311 e. The van der Waals surface area contributed by atoms with Crippen molar-refractivity contribution in [1.29, 1.82) is 0 Å². The number of hydrogen-bond acceptors (Lipinski definition) is 2. The molecule has 1 saturated carbocycles. The Morgan fingerprint density at radius 3 is 2.33 bits per heavy atom. The van der Waals surface area contributed by atoms with Crippen LogP contribution in [0.25, 0.3) is 0 Å². The van der Waals surface area contributed by atoms with Gasteiger partial charge in [-0.3, -0.25) is 0 Å². The van der Waals surface area contributed by atoms with Gasteiger partial charge in [-0.2, -0.15) is 0 Å². The van der Waals surface area contributed by atoms with Crippen LogP contribution >= 0.6 is 0 Å². The second-order valence-corrected chi connectivity index (χ2v) is 5.75. The minimum atomic E-state index is 0.698. The topological polar surface area (TPSA) is 15.3 Å². The third-order valence-corrected chi connectivity index (χ3v) is 4.22. The van der Waals surface area contributed by atoms with Gasteiger partial charge < -0.3 is 10.2 Å². The summed E-state index contributed by atoms with van der Waals surface area (Å²) in [5.41, 5.74) is 0. The molecule has 2 nitrogen and oxygen atoms in total. The van der Waals surface area contributed by atoms with Crippen LogP contribution in [0.15, 0.2) is 0 Å². The Hall–Kier alpha value is -0.0800. The number of piperidine rings is 1. The smallest absolute Gasteiger partial charge is 0.00818 e. The third kappa shape index (κ3) is 3.18. The summed E-state index contributed by atoms with van der Waals surface area (Å²) in [6, 6.07) is 1.44. The zero-order chi connectivity index (χ0) is 10.8. The monoisotopic (exact) mass is 210 g/mol. The molecule has 3 atom stereocenters. The molecule has 0 amide bonds. The Morgan fingerprint density at radius 1 is 1.07 bits per heavy atom. The minimum absolute atomic E-state index is 0.698. The van der Waals surface area contributed by atoms with Crippen LogP contribution in [0.2, 0.25) is 0 Å². The molecular formula is C13H26N2. The van der Waals surface area contributed by atoms with Crippen molar-refractivity contribution in [3.63, 3.8) is 0 Å². The summed E-state index contributed by atoms with van der Waals surface area (Å²) in [4.78, 5) is 2.48. The van der Waals surface area contributed by atoms with Crippen molar-refractivity contribution in [3.8, 4) is 0 Å². The van der Waals surface area contributed by atoms with Crippen LogP contribution in [0.4, 0.5) is 0 Å². The molecule has 2 fully saturated rings. The van der Waals surface area contributed by atoms with E-state index in [2.05, 4.69) is 31.1 Å². The van der Waals surface area contributed by atoms with E-state index in [0.29, 0.717) is 6.04 Å². The molecular weight excluding hydrogens is 184 g/mol. The highest BCUT2D eigenvalue weighted by Crippen LogP contribution is 2.33. The summed E-state index contributed by atoms with van der Waals surface area (Å²) in [6.07, 6.45) is 5.69. The average molecular weight is 210 g/mol. The van der Waals surface area contributed by atoms with Gasteiger partial charge in [0, 0.05) is 18.6 Å². The summed E-state index contributed by atoms with van der Waals surface area (Å²) in [5, 5.41) is 3.81. The SMILES string of the molecule is CC(NC(C)C1CCCN(C)C1)C1CC1. The van der Waals surface area contributed by atoms with Crippen molar-refractivity contribution in [2.75, 3.05) is 20.1 Å². The fraction of sp³-hybridized carbons (Fsp3) is 1.00. The van der Waals surface area contributed by atoms with E-state index < -0.39 is 0 Å². The first-order valence-electron chi connectivity index (χ1n) is 6.61. The normalized spacial score (nSPS) is 32.6. The lowest BCUT2D eigenvalue weighted by Gasteiger charge is -2.35. The fourth-order valence-electron chi connectivity index (χ4n) is 2.90. The summed E-state index contributed by atoms with van der Waals surface area (Å²) >= 11 is 0. The summed E-state index contributed by atoms with van der Waals surface area (Å²) in [7, 11) is 2.25. The molecule has 2 aliphatic rings. The molecule has 1 aliphatic heterocycles. The molecule has 15 heavy (non-hydrogen) atoms. The largest absolute Gasteiger partial charge is 0.311 e. The highest BCUT2D eigenvalue weighted by atomic mass is 15.1. The fourth-order valence-corrected chi connectivity index (χ4v) is 2.90. The summed E-state index contributed by atoms with van der Waals surface area (Å²) in [5.74, 6) is 1.85. The third-order valence-electron chi connectivity index (χ3n) is 4.22. The van der Waals surface area contributed by atoms with E-state index in [1.165, 1.54) is 38.8 Å². The van der Waals surface area contributed by atoms with Gasteiger partial charge in [-0.1, -0.05) is 0 Å². The molecule has 0 radical (unpaired) electrons. The van der Waals surface area contributed by atoms with Gasteiger partial charge in [0.2, 0.25) is 0 Å². The highest BCUT2D eigenvalue weighted by molar-refractivity contribution is 4.87. The van der Waals surface area contributed by atoms with Crippen molar-refractivity contribution < 1.29 is 0 Å². The van der Waals surface area contributed by atoms with Gasteiger partial charge in [0.1, 0.15) is 0 Å². The summed E-state index contributed by atoms with van der Waals surface area (Å²) < 4.78 is 0. The lowest BCUT2D eigenvalue weighted by Crippen LogP contribution is -2.46. The van der Waals surface area contributed by atoms with E-state index >= 15 is 0 Å². The van der Waals surface area contributed by atoms with E-state index in [0.717, 1.165) is 17.9 Å². The molecule has 0 bridgehead atoms. The second kappa shape index (κ2) is 4.84. The Kier molecular flexibility index (Phi) is 3.68. The number of rotatable bonds is 4. The molecule has 1 aliphatic carbocycles. The van der Waals surface area contributed by atoms with E-state index in [1.807, 2.05) is 0 Å². The Balaban J connectivity index is 1.75. The van der Waals surface area contributed by atoms with Gasteiger partial charge in [-0.15, -0.1) is 0 Å². The molecule has 0 aromatic rings. The second-order valence-electron chi connectivity index (χ2n) is 5.75. The van der Waals surface area contributed by atoms with Crippen molar-refractivity contribution in [3.05, 3.63) is 0 Å². The quantitative estimate of drug-likeness (QED) is 0.764. The first kappa shape index (κ1) is 11.4. The first-order valence-corrected chi connectivity index (χ1v) is 6.61. The zero-order valence-corrected chi connectivity index (χ0v) is 10.5. The van der Waals surface area contributed by atoms with E-state index in [1.54, 1.807) is 0 Å². The maximum absolute atomic E-state index is 3.81. The maximum Gasteiger partial charge on any atom is 0.00818 e. The van der Waals surface area contributed by atoms with E-state index in [4.69, 9.17) is 0 Å². The molecule has 0 spiro atoms. The molecule has 0 aromatic heterocycles. The standard InChI is InChI=1S/C13H26N2/c1-10(12-6-7-12)14-11(2)13-5-4-8-15(3)9-13/h10-14H,4-9H2,1-3H3. The van der Waals surface area contributed by atoms with Crippen LogP contribution in [0.5, 0.6) is 0 Å². The van der Waals surface area contributed by atoms with Crippen molar-refractivity contribution in [1.82, 2.24) is 10.2 Å². The molecule has 1 N–H and O–H groups in total. The predicted octanol–water partition coefficient (Wildman–Crippen LogP) is 2.10. The Labute approximate surface area is 94.4 Å². The van der Waals surface area contributed by atoms with Gasteiger partial charge in [0.25, 0.3) is 0 Å². The molecule has 1 heterocycles. The van der Waals surface area contributed by atoms with Crippen LogP contribution in [-0.2, 0) is 0 Å². The zero-order valence-electron chi connectivity index (χ0n) is 10.5. The van der Waals surface area contributed by atoms with Crippen molar-refractivity contribution in [2.45, 2.75) is 51.6 Å². The van der Waals surface area contributed by atoms with E-state index in [-0.39, 0.29) is 0 Å². The number of hydrogen-bond donors (Lipinski definition) is 1. The van der Waals surface area contributed by atoms with E-state index in [9.17, 15) is 0 Å². The van der Waals surface area contributed by atoms with Gasteiger partial charge >= 0.3 is 0 Å². The highest BCUT2D eigenvalue weighted by Gasteiger charge is 2.30. The average Bonchev–Trinajstić information content (AvgIpc) is 3.00. The van der Waals surface area contributed by atoms with Crippen molar-refractivity contribution >= 4 is 0 Å².